The Morgan fingerprint density at radius 3 is 2.10 bits per heavy atom. The van der Waals surface area contributed by atoms with Gasteiger partial charge in [0.2, 0.25) is 0 Å². The largest absolute Gasteiger partial charge is 0.326 e. The Bertz CT molecular complexity index is 71.3. The van der Waals surface area contributed by atoms with Gasteiger partial charge in [-0.15, -0.1) is 0 Å². The third kappa shape index (κ3) is 7.96. The lowest BCUT2D eigenvalue weighted by Crippen LogP contribution is -2.31. The number of rotatable bonds is 5. The van der Waals surface area contributed by atoms with E-state index in [2.05, 4.69) is 20.8 Å². The number of hydrogen-bond donors (Lipinski definition) is 1. The van der Waals surface area contributed by atoms with Crippen LogP contribution in [0.3, 0.4) is 0 Å². The number of unbranched alkanes of at least 4 members (excludes halogenated alkanes) is 3. The van der Waals surface area contributed by atoms with Crippen LogP contribution in [0, 0.1) is 0 Å². The van der Waals surface area contributed by atoms with Gasteiger partial charge < -0.3 is 5.73 Å². The summed E-state index contributed by atoms with van der Waals surface area (Å²) in [5, 5.41) is 0. The molecule has 1 nitrogen and oxygen atoms in total. The fraction of sp³-hybridized carbons (Fsp3) is 1.00. The number of nitrogens with two attached hydrogens (primary N) is 1. The van der Waals surface area contributed by atoms with Crippen molar-refractivity contribution in [1.29, 1.82) is 0 Å². The molecule has 0 aromatic carbocycles. The first kappa shape index (κ1) is 9.96. The van der Waals surface area contributed by atoms with Crippen LogP contribution >= 0.6 is 0 Å². The third-order valence-electron chi connectivity index (χ3n) is 1.67. The smallest absolute Gasteiger partial charge is 0.00970 e. The zero-order valence-electron chi connectivity index (χ0n) is 7.61. The first-order valence-electron chi connectivity index (χ1n) is 4.35. The van der Waals surface area contributed by atoms with E-state index < -0.39 is 0 Å². The summed E-state index contributed by atoms with van der Waals surface area (Å²) in [6.45, 7) is 6.42. The molecule has 0 saturated carbocycles. The van der Waals surface area contributed by atoms with Gasteiger partial charge in [-0.1, -0.05) is 32.6 Å². The van der Waals surface area contributed by atoms with Crippen LogP contribution in [0.1, 0.15) is 52.9 Å². The summed E-state index contributed by atoms with van der Waals surface area (Å²) in [5.74, 6) is 0. The van der Waals surface area contributed by atoms with Gasteiger partial charge in [0, 0.05) is 5.54 Å². The van der Waals surface area contributed by atoms with Crippen molar-refractivity contribution < 1.29 is 0 Å². The molecule has 2 N–H and O–H groups in total. The Kier molecular flexibility index (Phi) is 4.71. The van der Waals surface area contributed by atoms with Crippen LogP contribution in [0.5, 0.6) is 0 Å². The molecule has 0 bridgehead atoms. The molecule has 10 heavy (non-hydrogen) atoms. The van der Waals surface area contributed by atoms with Crippen molar-refractivity contribution in [2.75, 3.05) is 0 Å². The van der Waals surface area contributed by atoms with Gasteiger partial charge in [0.15, 0.2) is 0 Å². The second kappa shape index (κ2) is 4.73. The Hall–Kier alpha value is -0.0400. The minimum absolute atomic E-state index is 0.0493. The highest BCUT2D eigenvalue weighted by atomic mass is 14.7. The average Bonchev–Trinajstić information content (AvgIpc) is 1.78. The van der Waals surface area contributed by atoms with Crippen molar-refractivity contribution in [3.8, 4) is 0 Å². The maximum atomic E-state index is 5.82. The highest BCUT2D eigenvalue weighted by molar-refractivity contribution is 4.70. The summed E-state index contributed by atoms with van der Waals surface area (Å²) < 4.78 is 0. The Labute approximate surface area is 65.0 Å². The van der Waals surface area contributed by atoms with E-state index in [0.29, 0.717) is 0 Å². The molecule has 0 aromatic rings. The highest BCUT2D eigenvalue weighted by Crippen LogP contribution is 2.10. The predicted octanol–water partition coefficient (Wildman–Crippen LogP) is 2.69. The molecule has 0 heterocycles. The molecule has 0 atom stereocenters. The van der Waals surface area contributed by atoms with E-state index in [4.69, 9.17) is 5.73 Å². The lowest BCUT2D eigenvalue weighted by molar-refractivity contribution is 0.445. The van der Waals surface area contributed by atoms with Gasteiger partial charge >= 0.3 is 0 Å². The summed E-state index contributed by atoms with van der Waals surface area (Å²) in [6.07, 6.45) is 6.46. The molecule has 0 aliphatic carbocycles. The summed E-state index contributed by atoms with van der Waals surface area (Å²) >= 11 is 0. The minimum Gasteiger partial charge on any atom is -0.326 e. The topological polar surface area (TPSA) is 26.0 Å². The lowest BCUT2D eigenvalue weighted by atomic mass is 9.98. The van der Waals surface area contributed by atoms with Crippen molar-refractivity contribution >= 4 is 0 Å². The maximum absolute atomic E-state index is 5.82. The zero-order valence-corrected chi connectivity index (χ0v) is 7.61. The average molecular weight is 143 g/mol. The van der Waals surface area contributed by atoms with E-state index in [0.717, 1.165) is 6.42 Å². The molecule has 62 valence electrons. The molecule has 0 saturated heterocycles. The van der Waals surface area contributed by atoms with Crippen molar-refractivity contribution in [2.45, 2.75) is 58.4 Å². The van der Waals surface area contributed by atoms with Crippen LogP contribution in [-0.4, -0.2) is 5.54 Å². The van der Waals surface area contributed by atoms with E-state index in [-0.39, 0.29) is 5.54 Å². The van der Waals surface area contributed by atoms with E-state index in [9.17, 15) is 0 Å². The van der Waals surface area contributed by atoms with Gasteiger partial charge in [-0.2, -0.15) is 0 Å². The monoisotopic (exact) mass is 143 g/mol. The molecule has 0 radical (unpaired) electrons. The Balaban J connectivity index is 3.04. The normalized spacial score (nSPS) is 12.0. The molecule has 0 spiro atoms. The summed E-state index contributed by atoms with van der Waals surface area (Å²) in [7, 11) is 0. The van der Waals surface area contributed by atoms with Gasteiger partial charge in [-0.3, -0.25) is 0 Å². The van der Waals surface area contributed by atoms with E-state index in [1.165, 1.54) is 25.7 Å². The molecule has 0 fully saturated rings. The first-order chi connectivity index (χ1) is 4.56. The van der Waals surface area contributed by atoms with Gasteiger partial charge in [0.05, 0.1) is 0 Å². The van der Waals surface area contributed by atoms with Crippen LogP contribution in [0.4, 0.5) is 0 Å². The van der Waals surface area contributed by atoms with Crippen molar-refractivity contribution in [3.05, 3.63) is 0 Å². The molecular weight excluding hydrogens is 122 g/mol. The van der Waals surface area contributed by atoms with Crippen LogP contribution in [-0.2, 0) is 0 Å². The van der Waals surface area contributed by atoms with Gasteiger partial charge in [-0.05, 0) is 20.3 Å². The molecule has 1 heteroatoms. The summed E-state index contributed by atoms with van der Waals surface area (Å²) in [5.41, 5.74) is 5.87. The predicted molar refractivity (Wildman–Crippen MR) is 47.0 cm³/mol. The van der Waals surface area contributed by atoms with Crippen LogP contribution in [0.2, 0.25) is 0 Å². The molecule has 0 unspecified atom stereocenters. The Morgan fingerprint density at radius 1 is 1.10 bits per heavy atom. The SMILES string of the molecule is CCCCCCC(C)(C)N. The maximum Gasteiger partial charge on any atom is 0.00970 e. The second-order valence-corrected chi connectivity index (χ2v) is 3.80. The zero-order chi connectivity index (χ0) is 8.04. The first-order valence-corrected chi connectivity index (χ1v) is 4.35. The van der Waals surface area contributed by atoms with Gasteiger partial charge in [0.25, 0.3) is 0 Å². The molecule has 0 amide bonds. The minimum atomic E-state index is 0.0493. The molecule has 0 aliphatic heterocycles. The third-order valence-corrected chi connectivity index (χ3v) is 1.67. The van der Waals surface area contributed by atoms with Crippen molar-refractivity contribution in [1.82, 2.24) is 0 Å². The lowest BCUT2D eigenvalue weighted by Gasteiger charge is -2.17. The fourth-order valence-electron chi connectivity index (χ4n) is 1.01. The molecular formula is C9H21N. The molecule has 0 rings (SSSR count). The number of hydrogen-bond acceptors (Lipinski definition) is 1. The second-order valence-electron chi connectivity index (χ2n) is 3.80. The summed E-state index contributed by atoms with van der Waals surface area (Å²) in [4.78, 5) is 0. The molecule has 0 aromatic heterocycles. The quantitative estimate of drug-likeness (QED) is 0.588. The summed E-state index contributed by atoms with van der Waals surface area (Å²) in [6, 6.07) is 0. The van der Waals surface area contributed by atoms with E-state index in [1.807, 2.05) is 0 Å². The van der Waals surface area contributed by atoms with E-state index >= 15 is 0 Å². The highest BCUT2D eigenvalue weighted by Gasteiger charge is 2.08. The van der Waals surface area contributed by atoms with Crippen LogP contribution < -0.4 is 5.73 Å². The van der Waals surface area contributed by atoms with Gasteiger partial charge in [0.1, 0.15) is 0 Å². The van der Waals surface area contributed by atoms with E-state index in [1.54, 1.807) is 0 Å². The van der Waals surface area contributed by atoms with Crippen LogP contribution in [0.25, 0.3) is 0 Å². The fourth-order valence-corrected chi connectivity index (χ4v) is 1.01. The van der Waals surface area contributed by atoms with Crippen LogP contribution in [0.15, 0.2) is 0 Å². The van der Waals surface area contributed by atoms with Crippen molar-refractivity contribution in [3.63, 3.8) is 0 Å². The standard InChI is InChI=1S/C9H21N/c1-4-5-6-7-8-9(2,3)10/h4-8,10H2,1-3H3. The Morgan fingerprint density at radius 2 is 1.70 bits per heavy atom. The molecule has 0 aliphatic rings. The van der Waals surface area contributed by atoms with Crippen molar-refractivity contribution in [2.24, 2.45) is 5.73 Å². The van der Waals surface area contributed by atoms with Gasteiger partial charge in [-0.25, -0.2) is 0 Å².